The molecule has 0 saturated carbocycles. The van der Waals surface area contributed by atoms with Gasteiger partial charge >= 0.3 is 6.98 Å². The van der Waals surface area contributed by atoms with E-state index in [2.05, 4.69) is 132 Å². The summed E-state index contributed by atoms with van der Waals surface area (Å²) in [6.45, 7) is 0.0494. The van der Waals surface area contributed by atoms with Gasteiger partial charge in [-0.2, -0.15) is 0 Å². The third kappa shape index (κ3) is 2.14. The van der Waals surface area contributed by atoms with Crippen LogP contribution in [0, 0.1) is 0 Å². The van der Waals surface area contributed by atoms with E-state index in [1.54, 1.807) is 0 Å². The molecule has 2 aliphatic rings. The molecule has 0 unspecified atom stereocenters. The van der Waals surface area contributed by atoms with Crippen LogP contribution in [-0.4, -0.2) is 15.9 Å². The smallest absolute Gasteiger partial charge is 0.360 e. The molecule has 0 saturated heterocycles. The first kappa shape index (κ1) is 19.0. The van der Waals surface area contributed by atoms with E-state index >= 15 is 0 Å². The highest BCUT2D eigenvalue weighted by atomic mass is 79.9. The molecule has 0 amide bonds. The van der Waals surface area contributed by atoms with Gasteiger partial charge in [0, 0.05) is 63.7 Å². The second-order valence-corrected chi connectivity index (χ2v) is 11.4. The lowest BCUT2D eigenvalue weighted by Crippen LogP contribution is -2.50. The molecule has 0 fully saturated rings. The Morgan fingerprint density at radius 3 is 1.49 bits per heavy atom. The summed E-state index contributed by atoms with van der Waals surface area (Å²) in [6.07, 6.45) is 0. The third-order valence-corrected chi connectivity index (χ3v) is 8.89. The number of hydrogen-bond donors (Lipinski definition) is 0. The standard InChI is InChI=1S/C30H15BBr2N2/c32-16-12-22-18-6-1-3-10-26(18)34-29(22)24(14-16)20-8-5-9-21-25-15-17(33)13-23-19-7-2-4-11-27(19)35(30(23)25)31(34)28(20)21/h1-15H. The Kier molecular flexibility index (Phi) is 3.41. The molecule has 2 aromatic heterocycles. The van der Waals surface area contributed by atoms with Crippen LogP contribution >= 0.6 is 31.9 Å². The molecule has 162 valence electrons. The van der Waals surface area contributed by atoms with Crippen LogP contribution in [0.3, 0.4) is 0 Å². The van der Waals surface area contributed by atoms with Crippen LogP contribution < -0.4 is 5.46 Å². The second-order valence-electron chi connectivity index (χ2n) is 9.61. The topological polar surface area (TPSA) is 9.86 Å². The van der Waals surface area contributed by atoms with Gasteiger partial charge in [-0.1, -0.05) is 86.5 Å². The van der Waals surface area contributed by atoms with E-state index in [1.807, 2.05) is 0 Å². The van der Waals surface area contributed by atoms with Gasteiger partial charge in [0.1, 0.15) is 0 Å². The number of halogens is 2. The highest BCUT2D eigenvalue weighted by Crippen LogP contribution is 2.47. The highest BCUT2D eigenvalue weighted by molar-refractivity contribution is 9.10. The van der Waals surface area contributed by atoms with Gasteiger partial charge in [0.25, 0.3) is 0 Å². The molecule has 0 radical (unpaired) electrons. The van der Waals surface area contributed by atoms with E-state index in [1.165, 1.54) is 71.3 Å². The average Bonchev–Trinajstić information content (AvgIpc) is 3.38. The summed E-state index contributed by atoms with van der Waals surface area (Å²) >= 11 is 7.65. The van der Waals surface area contributed by atoms with E-state index in [0.717, 1.165) is 8.95 Å². The van der Waals surface area contributed by atoms with Crippen LogP contribution in [-0.2, 0) is 0 Å². The monoisotopic (exact) mass is 572 g/mol. The maximum atomic E-state index is 3.82. The van der Waals surface area contributed by atoms with Gasteiger partial charge in [0.2, 0.25) is 0 Å². The molecule has 0 spiro atoms. The summed E-state index contributed by atoms with van der Waals surface area (Å²) in [5.74, 6) is 0. The number of nitrogens with zero attached hydrogens (tertiary/aromatic N) is 2. The molecule has 2 aliphatic heterocycles. The van der Waals surface area contributed by atoms with Crippen LogP contribution in [0.1, 0.15) is 0 Å². The summed E-state index contributed by atoms with van der Waals surface area (Å²) < 4.78 is 7.42. The molecule has 5 aromatic carbocycles. The van der Waals surface area contributed by atoms with Crippen molar-refractivity contribution in [1.29, 1.82) is 0 Å². The van der Waals surface area contributed by atoms with E-state index in [-0.39, 0.29) is 6.98 Å². The molecular weight excluding hydrogens is 559 g/mol. The number of benzene rings is 5. The van der Waals surface area contributed by atoms with E-state index in [4.69, 9.17) is 0 Å². The van der Waals surface area contributed by atoms with Crippen molar-refractivity contribution in [1.82, 2.24) is 8.96 Å². The molecule has 0 atom stereocenters. The van der Waals surface area contributed by atoms with Gasteiger partial charge in [-0.05, 0) is 53.0 Å². The largest absolute Gasteiger partial charge is 0.422 e. The van der Waals surface area contributed by atoms with Crippen LogP contribution in [0.15, 0.2) is 99.9 Å². The maximum absolute atomic E-state index is 3.82. The Hall–Kier alpha value is -3.28. The van der Waals surface area contributed by atoms with Crippen LogP contribution in [0.4, 0.5) is 0 Å². The Morgan fingerprint density at radius 2 is 0.971 bits per heavy atom. The van der Waals surface area contributed by atoms with Crippen molar-refractivity contribution < 1.29 is 0 Å². The molecular formula is C30H15BBr2N2. The van der Waals surface area contributed by atoms with E-state index in [9.17, 15) is 0 Å². The summed E-state index contributed by atoms with van der Waals surface area (Å²) in [7, 11) is 0. The summed E-state index contributed by atoms with van der Waals surface area (Å²) in [4.78, 5) is 0. The lowest BCUT2D eigenvalue weighted by molar-refractivity contribution is 1.18. The maximum Gasteiger partial charge on any atom is 0.422 e. The summed E-state index contributed by atoms with van der Waals surface area (Å²) in [6, 6.07) is 33.7. The van der Waals surface area contributed by atoms with Crippen molar-refractivity contribution in [3.05, 3.63) is 99.9 Å². The lowest BCUT2D eigenvalue weighted by atomic mass is 9.57. The zero-order valence-electron chi connectivity index (χ0n) is 18.4. The zero-order chi connectivity index (χ0) is 23.0. The van der Waals surface area contributed by atoms with Crippen LogP contribution in [0.5, 0.6) is 0 Å². The van der Waals surface area contributed by atoms with Crippen LogP contribution in [0.25, 0.3) is 65.9 Å². The van der Waals surface area contributed by atoms with Crippen molar-refractivity contribution in [3.8, 4) is 22.3 Å². The third-order valence-electron chi connectivity index (χ3n) is 7.97. The second kappa shape index (κ2) is 6.28. The molecule has 0 bridgehead atoms. The molecule has 4 heterocycles. The molecule has 0 N–H and O–H groups in total. The fourth-order valence-electron chi connectivity index (χ4n) is 6.80. The number of hydrogen-bond acceptors (Lipinski definition) is 0. The quantitative estimate of drug-likeness (QED) is 0.162. The summed E-state index contributed by atoms with van der Waals surface area (Å²) in [5.41, 5.74) is 11.8. The van der Waals surface area contributed by atoms with E-state index < -0.39 is 0 Å². The van der Waals surface area contributed by atoms with Gasteiger partial charge in [-0.25, -0.2) is 0 Å². The SMILES string of the molecule is Brc1cc2c3c(c1)c1ccccc1n3B1c3c-2cccc3-c2cc(Br)cc3c4ccccc4n1c23. The van der Waals surface area contributed by atoms with Crippen molar-refractivity contribution in [3.63, 3.8) is 0 Å². The Bertz CT molecular complexity index is 1950. The van der Waals surface area contributed by atoms with Gasteiger partial charge in [0.15, 0.2) is 0 Å². The number of rotatable bonds is 0. The Labute approximate surface area is 218 Å². The van der Waals surface area contributed by atoms with Gasteiger partial charge < -0.3 is 8.96 Å². The van der Waals surface area contributed by atoms with Crippen molar-refractivity contribution in [2.75, 3.05) is 0 Å². The minimum Gasteiger partial charge on any atom is -0.360 e. The Balaban J connectivity index is 1.61. The summed E-state index contributed by atoms with van der Waals surface area (Å²) in [5, 5.41) is 5.20. The Morgan fingerprint density at radius 1 is 0.486 bits per heavy atom. The fourth-order valence-corrected chi connectivity index (χ4v) is 7.71. The number of aromatic nitrogens is 2. The van der Waals surface area contributed by atoms with Gasteiger partial charge in [-0.3, -0.25) is 0 Å². The fraction of sp³-hybridized carbons (Fsp3) is 0. The molecule has 9 rings (SSSR count). The lowest BCUT2D eigenvalue weighted by Gasteiger charge is -2.34. The van der Waals surface area contributed by atoms with Crippen LogP contribution in [0.2, 0.25) is 0 Å². The highest BCUT2D eigenvalue weighted by Gasteiger charge is 2.41. The normalized spacial score (nSPS) is 13.4. The minimum atomic E-state index is 0.0494. The predicted octanol–water partition coefficient (Wildman–Crippen LogP) is 8.18. The molecule has 35 heavy (non-hydrogen) atoms. The molecule has 5 heteroatoms. The zero-order valence-corrected chi connectivity index (χ0v) is 21.6. The molecule has 7 aromatic rings. The average molecular weight is 574 g/mol. The minimum absolute atomic E-state index is 0.0494. The number of fused-ring (bicyclic) bond motifs is 10. The van der Waals surface area contributed by atoms with Crippen molar-refractivity contribution in [2.24, 2.45) is 0 Å². The van der Waals surface area contributed by atoms with Gasteiger partial charge in [0.05, 0.1) is 0 Å². The molecule has 0 aliphatic carbocycles. The van der Waals surface area contributed by atoms with Crippen molar-refractivity contribution in [2.45, 2.75) is 0 Å². The first-order valence-corrected chi connectivity index (χ1v) is 13.4. The van der Waals surface area contributed by atoms with Crippen molar-refractivity contribution >= 4 is 87.9 Å². The van der Waals surface area contributed by atoms with E-state index in [0.29, 0.717) is 0 Å². The van der Waals surface area contributed by atoms with Gasteiger partial charge in [-0.15, -0.1) is 0 Å². The first-order valence-electron chi connectivity index (χ1n) is 11.8. The molecule has 2 nitrogen and oxygen atoms in total. The first-order chi connectivity index (χ1) is 17.2. The predicted molar refractivity (Wildman–Crippen MR) is 155 cm³/mol. The number of para-hydroxylation sites is 2.